The van der Waals surface area contributed by atoms with E-state index in [1.54, 1.807) is 35.6 Å². The SMILES string of the molecule is CNC(=O)C[C@H]1CC2(CCN(S(=O)(=O)c3ccccc3)CC2)c2ccccc21. The Morgan fingerprint density at radius 1 is 1.07 bits per heavy atom. The van der Waals surface area contributed by atoms with Crippen LogP contribution in [0.2, 0.25) is 0 Å². The molecule has 0 unspecified atom stereocenters. The molecule has 6 heteroatoms. The maximum atomic E-state index is 13.0. The van der Waals surface area contributed by atoms with Gasteiger partial charge >= 0.3 is 0 Å². The van der Waals surface area contributed by atoms with Crippen LogP contribution in [-0.4, -0.2) is 38.8 Å². The van der Waals surface area contributed by atoms with Crippen molar-refractivity contribution in [3.63, 3.8) is 0 Å². The van der Waals surface area contributed by atoms with E-state index in [0.29, 0.717) is 24.4 Å². The van der Waals surface area contributed by atoms with Crippen LogP contribution >= 0.6 is 0 Å². The molecule has 2 aliphatic rings. The van der Waals surface area contributed by atoms with Gasteiger partial charge in [-0.3, -0.25) is 4.79 Å². The van der Waals surface area contributed by atoms with Crippen molar-refractivity contribution >= 4 is 15.9 Å². The Morgan fingerprint density at radius 2 is 1.71 bits per heavy atom. The van der Waals surface area contributed by atoms with Crippen LogP contribution in [-0.2, 0) is 20.2 Å². The van der Waals surface area contributed by atoms with Crippen molar-refractivity contribution in [2.75, 3.05) is 20.1 Å². The van der Waals surface area contributed by atoms with Gasteiger partial charge in [-0.05, 0) is 53.9 Å². The summed E-state index contributed by atoms with van der Waals surface area (Å²) in [7, 11) is -1.78. The molecule has 1 heterocycles. The molecule has 0 bridgehead atoms. The van der Waals surface area contributed by atoms with E-state index in [9.17, 15) is 13.2 Å². The second kappa shape index (κ2) is 7.33. The fourth-order valence-corrected chi connectivity index (χ4v) is 6.37. The maximum Gasteiger partial charge on any atom is 0.243 e. The number of nitrogens with zero attached hydrogens (tertiary/aromatic N) is 1. The van der Waals surface area contributed by atoms with Crippen LogP contribution < -0.4 is 5.32 Å². The van der Waals surface area contributed by atoms with E-state index in [1.807, 2.05) is 12.1 Å². The van der Waals surface area contributed by atoms with Crippen LogP contribution in [0.3, 0.4) is 0 Å². The van der Waals surface area contributed by atoms with Gasteiger partial charge in [0, 0.05) is 26.6 Å². The Hall–Kier alpha value is -2.18. The van der Waals surface area contributed by atoms with Crippen molar-refractivity contribution in [3.05, 3.63) is 65.7 Å². The third kappa shape index (κ3) is 3.25. The van der Waals surface area contributed by atoms with Crippen LogP contribution in [0.1, 0.15) is 42.7 Å². The molecular formula is C22H26N2O3S. The zero-order chi connectivity index (χ0) is 19.8. The van der Waals surface area contributed by atoms with E-state index >= 15 is 0 Å². The molecule has 2 aromatic carbocycles. The molecule has 5 nitrogen and oxygen atoms in total. The van der Waals surface area contributed by atoms with Crippen molar-refractivity contribution in [2.45, 2.75) is 41.9 Å². The first-order valence-electron chi connectivity index (χ1n) is 9.81. The quantitative estimate of drug-likeness (QED) is 0.861. The minimum atomic E-state index is -3.45. The fraction of sp³-hybridized carbons (Fsp3) is 0.409. The van der Waals surface area contributed by atoms with Gasteiger partial charge in [0.25, 0.3) is 0 Å². The number of amides is 1. The summed E-state index contributed by atoms with van der Waals surface area (Å²) in [5.74, 6) is 0.259. The van der Waals surface area contributed by atoms with Crippen LogP contribution in [0.4, 0.5) is 0 Å². The van der Waals surface area contributed by atoms with Gasteiger partial charge in [-0.15, -0.1) is 0 Å². The largest absolute Gasteiger partial charge is 0.359 e. The molecule has 28 heavy (non-hydrogen) atoms. The zero-order valence-corrected chi connectivity index (χ0v) is 16.9. The van der Waals surface area contributed by atoms with E-state index in [-0.39, 0.29) is 17.2 Å². The summed E-state index contributed by atoms with van der Waals surface area (Å²) in [6.07, 6.45) is 2.99. The third-order valence-electron chi connectivity index (χ3n) is 6.38. The standard InChI is InChI=1S/C22H26N2O3S/c1-23-21(25)15-17-16-22(20-10-6-5-9-19(17)20)11-13-24(14-12-22)28(26,27)18-7-3-2-4-8-18/h2-10,17H,11-16H2,1H3,(H,23,25)/t17-/m0/s1. The molecule has 0 aromatic heterocycles. The molecule has 148 valence electrons. The number of piperidine rings is 1. The molecule has 1 amide bonds. The number of sulfonamides is 1. The molecule has 0 radical (unpaired) electrons. The predicted molar refractivity (Wildman–Crippen MR) is 109 cm³/mol. The van der Waals surface area contributed by atoms with E-state index < -0.39 is 10.0 Å². The lowest BCUT2D eigenvalue weighted by Crippen LogP contribution is -2.44. The Bertz CT molecular complexity index is 964. The summed E-state index contributed by atoms with van der Waals surface area (Å²) in [6, 6.07) is 17.0. The smallest absolute Gasteiger partial charge is 0.243 e. The number of rotatable bonds is 4. The molecule has 1 atom stereocenters. The maximum absolute atomic E-state index is 13.0. The lowest BCUT2D eigenvalue weighted by Gasteiger charge is -2.39. The number of hydrogen-bond acceptors (Lipinski definition) is 3. The molecule has 1 aliphatic carbocycles. The monoisotopic (exact) mass is 398 g/mol. The summed E-state index contributed by atoms with van der Waals surface area (Å²) in [6.45, 7) is 1.02. The zero-order valence-electron chi connectivity index (χ0n) is 16.1. The lowest BCUT2D eigenvalue weighted by atomic mass is 9.73. The second-order valence-electron chi connectivity index (χ2n) is 7.86. The van der Waals surface area contributed by atoms with Crippen LogP contribution in [0.25, 0.3) is 0 Å². The molecular weight excluding hydrogens is 372 g/mol. The summed E-state index contributed by atoms with van der Waals surface area (Å²) in [4.78, 5) is 12.3. The first-order valence-corrected chi connectivity index (χ1v) is 11.3. The Morgan fingerprint density at radius 3 is 2.39 bits per heavy atom. The van der Waals surface area contributed by atoms with Gasteiger partial charge in [0.2, 0.25) is 15.9 Å². The van der Waals surface area contributed by atoms with Crippen molar-refractivity contribution in [1.29, 1.82) is 0 Å². The molecule has 0 saturated carbocycles. The van der Waals surface area contributed by atoms with E-state index in [4.69, 9.17) is 0 Å². The van der Waals surface area contributed by atoms with Crippen molar-refractivity contribution in [2.24, 2.45) is 0 Å². The van der Waals surface area contributed by atoms with E-state index in [0.717, 1.165) is 19.3 Å². The Balaban J connectivity index is 1.56. The molecule has 2 aromatic rings. The summed E-state index contributed by atoms with van der Waals surface area (Å²) >= 11 is 0. The average Bonchev–Trinajstić information content (AvgIpc) is 3.02. The Labute approximate surface area is 166 Å². The topological polar surface area (TPSA) is 66.5 Å². The minimum absolute atomic E-state index is 0.0298. The van der Waals surface area contributed by atoms with E-state index in [1.165, 1.54) is 11.1 Å². The molecule has 1 fully saturated rings. The van der Waals surface area contributed by atoms with Crippen molar-refractivity contribution < 1.29 is 13.2 Å². The van der Waals surface area contributed by atoms with Crippen LogP contribution in [0.15, 0.2) is 59.5 Å². The molecule has 1 N–H and O–H groups in total. The van der Waals surface area contributed by atoms with Gasteiger partial charge in [-0.25, -0.2) is 8.42 Å². The van der Waals surface area contributed by atoms with Gasteiger partial charge in [-0.1, -0.05) is 42.5 Å². The average molecular weight is 399 g/mol. The number of nitrogens with one attached hydrogen (secondary N) is 1. The van der Waals surface area contributed by atoms with Crippen molar-refractivity contribution in [3.8, 4) is 0 Å². The molecule has 4 rings (SSSR count). The summed E-state index contributed by atoms with van der Waals surface area (Å²) < 4.78 is 27.5. The normalized spacial score (nSPS) is 21.4. The molecule has 1 aliphatic heterocycles. The van der Waals surface area contributed by atoms with Gasteiger partial charge in [-0.2, -0.15) is 4.31 Å². The van der Waals surface area contributed by atoms with Gasteiger partial charge < -0.3 is 5.32 Å². The van der Waals surface area contributed by atoms with Crippen LogP contribution in [0.5, 0.6) is 0 Å². The Kier molecular flexibility index (Phi) is 5.02. The summed E-state index contributed by atoms with van der Waals surface area (Å²) in [5.41, 5.74) is 2.53. The van der Waals surface area contributed by atoms with Gasteiger partial charge in [0.05, 0.1) is 4.90 Å². The molecule has 1 spiro atoms. The highest BCUT2D eigenvalue weighted by molar-refractivity contribution is 7.89. The number of carbonyl (C=O) groups is 1. The van der Waals surface area contributed by atoms with Gasteiger partial charge in [0.15, 0.2) is 0 Å². The lowest BCUT2D eigenvalue weighted by molar-refractivity contribution is -0.121. The number of fused-ring (bicyclic) bond motifs is 2. The number of hydrogen-bond donors (Lipinski definition) is 1. The van der Waals surface area contributed by atoms with Crippen LogP contribution in [0, 0.1) is 0 Å². The fourth-order valence-electron chi connectivity index (χ4n) is 4.91. The number of carbonyl (C=O) groups excluding carboxylic acids is 1. The van der Waals surface area contributed by atoms with E-state index in [2.05, 4.69) is 23.5 Å². The highest BCUT2D eigenvalue weighted by atomic mass is 32.2. The minimum Gasteiger partial charge on any atom is -0.359 e. The number of benzene rings is 2. The first kappa shape index (κ1) is 19.2. The summed E-state index contributed by atoms with van der Waals surface area (Å²) in [5, 5.41) is 2.73. The predicted octanol–water partition coefficient (Wildman–Crippen LogP) is 3.03. The second-order valence-corrected chi connectivity index (χ2v) is 9.80. The van der Waals surface area contributed by atoms with Crippen molar-refractivity contribution in [1.82, 2.24) is 9.62 Å². The highest BCUT2D eigenvalue weighted by Crippen LogP contribution is 2.53. The van der Waals surface area contributed by atoms with Gasteiger partial charge in [0.1, 0.15) is 0 Å². The first-order chi connectivity index (χ1) is 13.5. The molecule has 1 saturated heterocycles. The highest BCUT2D eigenvalue weighted by Gasteiger charge is 2.47. The third-order valence-corrected chi connectivity index (χ3v) is 8.29.